The zero-order valence-corrected chi connectivity index (χ0v) is 12.5. The predicted molar refractivity (Wildman–Crippen MR) is 79.8 cm³/mol. The van der Waals surface area contributed by atoms with E-state index in [9.17, 15) is 8.78 Å². The molecule has 20 heavy (non-hydrogen) atoms. The molecular weight excluding hydrogens is 254 g/mol. The van der Waals surface area contributed by atoms with Gasteiger partial charge in [-0.05, 0) is 55.1 Å². The fraction of sp³-hybridized carbons (Fsp3) is 0.556. The highest BCUT2D eigenvalue weighted by atomic mass is 19.2. The molecule has 1 aromatic rings. The van der Waals surface area contributed by atoms with Gasteiger partial charge in [-0.1, -0.05) is 38.0 Å². The highest BCUT2D eigenvalue weighted by Gasteiger charge is 2.31. The number of hydrogen-bond acceptors (Lipinski definition) is 0. The molecule has 3 unspecified atom stereocenters. The number of halogens is 2. The fourth-order valence-electron chi connectivity index (χ4n) is 3.56. The normalized spacial score (nSPS) is 26.5. The van der Waals surface area contributed by atoms with Crippen LogP contribution < -0.4 is 0 Å². The molecule has 1 fully saturated rings. The van der Waals surface area contributed by atoms with E-state index in [-0.39, 0.29) is 5.92 Å². The molecule has 0 saturated heterocycles. The third kappa shape index (κ3) is 2.94. The third-order valence-corrected chi connectivity index (χ3v) is 4.75. The maximum absolute atomic E-state index is 14.1. The molecule has 0 bridgehead atoms. The zero-order valence-electron chi connectivity index (χ0n) is 12.5. The van der Waals surface area contributed by atoms with Crippen molar-refractivity contribution >= 4 is 0 Å². The molecule has 2 rings (SSSR count). The summed E-state index contributed by atoms with van der Waals surface area (Å²) in [6.45, 7) is 7.71. The van der Waals surface area contributed by atoms with Crippen LogP contribution in [0.5, 0.6) is 0 Å². The molecule has 0 N–H and O–H groups in total. The summed E-state index contributed by atoms with van der Waals surface area (Å²) in [6.07, 6.45) is 7.23. The van der Waals surface area contributed by atoms with Crippen molar-refractivity contribution in [3.63, 3.8) is 0 Å². The van der Waals surface area contributed by atoms with Crippen LogP contribution >= 0.6 is 0 Å². The predicted octanol–water partition coefficient (Wildman–Crippen LogP) is 5.76. The summed E-state index contributed by atoms with van der Waals surface area (Å²) in [7, 11) is 0. The lowest BCUT2D eigenvalue weighted by Crippen LogP contribution is -2.23. The van der Waals surface area contributed by atoms with E-state index in [2.05, 4.69) is 13.5 Å². The van der Waals surface area contributed by atoms with Crippen LogP contribution in [-0.2, 0) is 0 Å². The van der Waals surface area contributed by atoms with Crippen molar-refractivity contribution in [3.8, 4) is 0 Å². The molecule has 1 aromatic carbocycles. The molecule has 0 aliphatic heterocycles. The molecule has 0 heterocycles. The minimum Gasteiger partial charge on any atom is -0.203 e. The second kappa shape index (κ2) is 6.51. The Morgan fingerprint density at radius 3 is 2.65 bits per heavy atom. The van der Waals surface area contributed by atoms with Gasteiger partial charge in [-0.25, -0.2) is 8.78 Å². The van der Waals surface area contributed by atoms with Crippen molar-refractivity contribution < 1.29 is 8.78 Å². The summed E-state index contributed by atoms with van der Waals surface area (Å²) in [5, 5.41) is 0. The van der Waals surface area contributed by atoms with E-state index < -0.39 is 11.6 Å². The van der Waals surface area contributed by atoms with E-state index in [1.54, 1.807) is 19.1 Å². The molecule has 1 aliphatic rings. The van der Waals surface area contributed by atoms with E-state index in [0.717, 1.165) is 32.1 Å². The summed E-state index contributed by atoms with van der Waals surface area (Å²) < 4.78 is 27.9. The SMILES string of the molecule is C=CC1CCC(c2ccc(C)c(F)c2F)CC1CCC. The van der Waals surface area contributed by atoms with Gasteiger partial charge in [0.2, 0.25) is 0 Å². The summed E-state index contributed by atoms with van der Waals surface area (Å²) in [4.78, 5) is 0. The molecule has 1 saturated carbocycles. The lowest BCUT2D eigenvalue weighted by molar-refractivity contribution is 0.238. The lowest BCUT2D eigenvalue weighted by atomic mass is 9.70. The van der Waals surface area contributed by atoms with Gasteiger partial charge in [-0.2, -0.15) is 0 Å². The van der Waals surface area contributed by atoms with Crippen molar-refractivity contribution in [2.24, 2.45) is 11.8 Å². The maximum Gasteiger partial charge on any atom is 0.162 e. The van der Waals surface area contributed by atoms with Gasteiger partial charge in [0.15, 0.2) is 11.6 Å². The molecular formula is C18H24F2. The lowest BCUT2D eigenvalue weighted by Gasteiger charge is -2.35. The first-order valence-electron chi connectivity index (χ1n) is 7.65. The average molecular weight is 278 g/mol. The molecule has 3 atom stereocenters. The number of allylic oxidation sites excluding steroid dienone is 1. The van der Waals surface area contributed by atoms with E-state index in [4.69, 9.17) is 0 Å². The Kier molecular flexibility index (Phi) is 4.95. The van der Waals surface area contributed by atoms with Crippen LogP contribution in [0.1, 0.15) is 56.1 Å². The van der Waals surface area contributed by atoms with Gasteiger partial charge in [0, 0.05) is 0 Å². The fourth-order valence-corrected chi connectivity index (χ4v) is 3.56. The Hall–Kier alpha value is -1.18. The minimum atomic E-state index is -0.680. The van der Waals surface area contributed by atoms with Crippen molar-refractivity contribution in [3.05, 3.63) is 47.5 Å². The first kappa shape index (κ1) is 15.2. The Balaban J connectivity index is 2.22. The van der Waals surface area contributed by atoms with Crippen molar-refractivity contribution in [1.82, 2.24) is 0 Å². The Labute approximate surface area is 120 Å². The number of hydrogen-bond donors (Lipinski definition) is 0. The van der Waals surface area contributed by atoms with Crippen LogP contribution in [0, 0.1) is 30.4 Å². The summed E-state index contributed by atoms with van der Waals surface area (Å²) in [5.74, 6) is -0.0786. The van der Waals surface area contributed by atoms with Gasteiger partial charge < -0.3 is 0 Å². The van der Waals surface area contributed by atoms with E-state index >= 15 is 0 Å². The highest BCUT2D eigenvalue weighted by molar-refractivity contribution is 5.28. The van der Waals surface area contributed by atoms with Crippen LogP contribution in [0.2, 0.25) is 0 Å². The minimum absolute atomic E-state index is 0.151. The highest BCUT2D eigenvalue weighted by Crippen LogP contribution is 2.43. The van der Waals surface area contributed by atoms with Gasteiger partial charge in [-0.3, -0.25) is 0 Å². The van der Waals surface area contributed by atoms with E-state index in [0.29, 0.717) is 23.0 Å². The quantitative estimate of drug-likeness (QED) is 0.614. The van der Waals surface area contributed by atoms with Crippen molar-refractivity contribution in [2.75, 3.05) is 0 Å². The Bertz CT molecular complexity index is 479. The molecule has 0 amide bonds. The van der Waals surface area contributed by atoms with Crippen LogP contribution in [-0.4, -0.2) is 0 Å². The van der Waals surface area contributed by atoms with E-state index in [1.165, 1.54) is 0 Å². The standard InChI is InChI=1S/C18H24F2/c1-4-6-14-11-15(9-8-13(14)5-2)16-10-7-12(3)17(19)18(16)20/h5,7,10,13-15H,2,4,6,8-9,11H2,1,3H3. The third-order valence-electron chi connectivity index (χ3n) is 4.75. The molecule has 2 heteroatoms. The van der Waals surface area contributed by atoms with Gasteiger partial charge in [-0.15, -0.1) is 6.58 Å². The zero-order chi connectivity index (χ0) is 14.7. The van der Waals surface area contributed by atoms with Gasteiger partial charge in [0.05, 0.1) is 0 Å². The topological polar surface area (TPSA) is 0 Å². The van der Waals surface area contributed by atoms with Crippen molar-refractivity contribution in [1.29, 1.82) is 0 Å². The second-order valence-electron chi connectivity index (χ2n) is 6.06. The van der Waals surface area contributed by atoms with Gasteiger partial charge in [0.1, 0.15) is 0 Å². The molecule has 0 aromatic heterocycles. The molecule has 1 aliphatic carbocycles. The average Bonchev–Trinajstić information content (AvgIpc) is 2.45. The first-order valence-corrected chi connectivity index (χ1v) is 7.65. The summed E-state index contributed by atoms with van der Waals surface area (Å²) in [6, 6.07) is 3.47. The van der Waals surface area contributed by atoms with Gasteiger partial charge in [0.25, 0.3) is 0 Å². The Morgan fingerprint density at radius 2 is 2.00 bits per heavy atom. The van der Waals surface area contributed by atoms with Crippen LogP contribution in [0.15, 0.2) is 24.8 Å². The molecule has 0 spiro atoms. The van der Waals surface area contributed by atoms with E-state index in [1.807, 2.05) is 6.08 Å². The van der Waals surface area contributed by atoms with Crippen LogP contribution in [0.4, 0.5) is 8.78 Å². The number of benzene rings is 1. The number of rotatable bonds is 4. The van der Waals surface area contributed by atoms with Gasteiger partial charge >= 0.3 is 0 Å². The monoisotopic (exact) mass is 278 g/mol. The Morgan fingerprint density at radius 1 is 1.25 bits per heavy atom. The summed E-state index contributed by atoms with van der Waals surface area (Å²) >= 11 is 0. The molecule has 110 valence electrons. The maximum atomic E-state index is 14.1. The smallest absolute Gasteiger partial charge is 0.162 e. The molecule has 0 radical (unpaired) electrons. The van der Waals surface area contributed by atoms with Crippen LogP contribution in [0.3, 0.4) is 0 Å². The summed E-state index contributed by atoms with van der Waals surface area (Å²) in [5.41, 5.74) is 0.952. The molecule has 0 nitrogen and oxygen atoms in total. The van der Waals surface area contributed by atoms with Crippen molar-refractivity contribution in [2.45, 2.75) is 51.9 Å². The van der Waals surface area contributed by atoms with Crippen LogP contribution in [0.25, 0.3) is 0 Å². The largest absolute Gasteiger partial charge is 0.203 e. The number of aryl methyl sites for hydroxylation is 1. The second-order valence-corrected chi connectivity index (χ2v) is 6.06. The first-order chi connectivity index (χ1) is 9.58.